The minimum atomic E-state index is -0.564. The highest BCUT2D eigenvalue weighted by atomic mass is 19.1. The molecule has 3 nitrogen and oxygen atoms in total. The number of nitrogens with zero attached hydrogens (tertiary/aromatic N) is 2. The van der Waals surface area contributed by atoms with E-state index in [9.17, 15) is 4.39 Å². The zero-order chi connectivity index (χ0) is 11.1. The summed E-state index contributed by atoms with van der Waals surface area (Å²) < 4.78 is 13.0. The van der Waals surface area contributed by atoms with E-state index in [-0.39, 0.29) is 0 Å². The molecule has 0 aliphatic heterocycles. The molecule has 0 radical (unpaired) electrons. The number of likely N-dealkylation sites (N-methyl/N-ethyl adjacent to an activating group) is 2. The smallest absolute Gasteiger partial charge is 0.217 e. The normalized spacial score (nSPS) is 11.3. The van der Waals surface area contributed by atoms with Crippen molar-refractivity contribution in [2.75, 3.05) is 27.2 Å². The van der Waals surface area contributed by atoms with Crippen molar-refractivity contribution in [3.8, 4) is 0 Å². The fraction of sp³-hybridized carbons (Fsp3) is 0.500. The molecule has 0 heterocycles. The van der Waals surface area contributed by atoms with Crippen LogP contribution in [-0.4, -0.2) is 38.1 Å². The molecule has 4 heteroatoms. The minimum absolute atomic E-state index is 0.313. The quantitative estimate of drug-likeness (QED) is 0.657. The van der Waals surface area contributed by atoms with E-state index in [0.29, 0.717) is 11.4 Å². The van der Waals surface area contributed by atoms with Gasteiger partial charge in [0.1, 0.15) is 5.82 Å². The van der Waals surface area contributed by atoms with Gasteiger partial charge in [-0.15, -0.1) is 0 Å². The van der Waals surface area contributed by atoms with Crippen LogP contribution in [-0.2, 0) is 0 Å². The van der Waals surface area contributed by atoms with Crippen LogP contribution in [0, 0.1) is 0 Å². The Morgan fingerprint density at radius 1 is 1.50 bits per heavy atom. The third kappa shape index (κ3) is 4.77. The Labute approximate surface area is 85.0 Å². The van der Waals surface area contributed by atoms with Crippen molar-refractivity contribution < 1.29 is 4.39 Å². The molecule has 0 fully saturated rings. The molecule has 1 N–H and O–H groups in total. The first-order valence-corrected chi connectivity index (χ1v) is 4.43. The lowest BCUT2D eigenvalue weighted by Crippen LogP contribution is -2.26. The van der Waals surface area contributed by atoms with Gasteiger partial charge >= 0.3 is 0 Å². The molecule has 0 unspecified atom stereocenters. The van der Waals surface area contributed by atoms with Crippen LogP contribution >= 0.6 is 0 Å². The first-order chi connectivity index (χ1) is 6.49. The van der Waals surface area contributed by atoms with Crippen molar-refractivity contribution in [2.24, 2.45) is 4.99 Å². The SMILES string of the molecule is C=C(C)/C(F)=N\C(=C)N(C)CCNC. The fourth-order valence-electron chi connectivity index (χ4n) is 0.703. The van der Waals surface area contributed by atoms with E-state index in [1.807, 2.05) is 14.1 Å². The summed E-state index contributed by atoms with van der Waals surface area (Å²) in [7, 11) is 3.67. The average Bonchev–Trinajstić information content (AvgIpc) is 2.13. The summed E-state index contributed by atoms with van der Waals surface area (Å²) in [5.74, 6) is -0.160. The predicted octanol–water partition coefficient (Wildman–Crippen LogP) is 1.55. The summed E-state index contributed by atoms with van der Waals surface area (Å²) in [6.07, 6.45) is 0. The summed E-state index contributed by atoms with van der Waals surface area (Å²) in [6, 6.07) is 0. The molecule has 0 aliphatic carbocycles. The van der Waals surface area contributed by atoms with Gasteiger partial charge in [-0.25, -0.2) is 4.99 Å². The van der Waals surface area contributed by atoms with Crippen LogP contribution in [0.15, 0.2) is 29.5 Å². The third-order valence-corrected chi connectivity index (χ3v) is 1.72. The van der Waals surface area contributed by atoms with E-state index < -0.39 is 5.97 Å². The van der Waals surface area contributed by atoms with Crippen molar-refractivity contribution in [3.63, 3.8) is 0 Å². The fourth-order valence-corrected chi connectivity index (χ4v) is 0.703. The molecule has 0 aromatic carbocycles. The number of allylic oxidation sites excluding steroid dienone is 1. The first kappa shape index (κ1) is 12.8. The monoisotopic (exact) mass is 199 g/mol. The van der Waals surface area contributed by atoms with Gasteiger partial charge in [-0.2, -0.15) is 4.39 Å². The van der Waals surface area contributed by atoms with Crippen molar-refractivity contribution in [3.05, 3.63) is 24.6 Å². The van der Waals surface area contributed by atoms with Crippen molar-refractivity contribution in [1.82, 2.24) is 10.2 Å². The Balaban J connectivity index is 4.19. The van der Waals surface area contributed by atoms with Gasteiger partial charge in [-0.1, -0.05) is 13.2 Å². The van der Waals surface area contributed by atoms with Crippen LogP contribution in [0.4, 0.5) is 4.39 Å². The van der Waals surface area contributed by atoms with Crippen LogP contribution in [0.1, 0.15) is 6.92 Å². The van der Waals surface area contributed by atoms with E-state index in [4.69, 9.17) is 0 Å². The van der Waals surface area contributed by atoms with Gasteiger partial charge < -0.3 is 10.2 Å². The number of nitrogens with one attached hydrogen (secondary N) is 1. The summed E-state index contributed by atoms with van der Waals surface area (Å²) in [4.78, 5) is 5.46. The Hall–Kier alpha value is -1.16. The van der Waals surface area contributed by atoms with E-state index in [0.717, 1.165) is 13.1 Å². The summed E-state index contributed by atoms with van der Waals surface area (Å²) in [5.41, 5.74) is 0.313. The molecule has 0 spiro atoms. The Bertz CT molecular complexity index is 246. The van der Waals surface area contributed by atoms with Crippen LogP contribution < -0.4 is 5.32 Å². The number of rotatable bonds is 6. The highest BCUT2D eigenvalue weighted by Crippen LogP contribution is 2.04. The van der Waals surface area contributed by atoms with E-state index >= 15 is 0 Å². The lowest BCUT2D eigenvalue weighted by Gasteiger charge is -2.17. The molecule has 0 atom stereocenters. The van der Waals surface area contributed by atoms with Crippen LogP contribution in [0.2, 0.25) is 0 Å². The second-order valence-electron chi connectivity index (χ2n) is 3.12. The Kier molecular flexibility index (Phi) is 5.79. The van der Waals surface area contributed by atoms with Gasteiger partial charge in [0.2, 0.25) is 5.97 Å². The van der Waals surface area contributed by atoms with Crippen molar-refractivity contribution in [2.45, 2.75) is 6.92 Å². The molecule has 0 aromatic heterocycles. The molecule has 0 saturated heterocycles. The molecule has 0 bridgehead atoms. The Morgan fingerprint density at radius 3 is 2.50 bits per heavy atom. The van der Waals surface area contributed by atoms with E-state index in [2.05, 4.69) is 23.5 Å². The molecule has 0 saturated carbocycles. The molecule has 14 heavy (non-hydrogen) atoms. The topological polar surface area (TPSA) is 27.6 Å². The molecule has 0 aromatic rings. The predicted molar refractivity (Wildman–Crippen MR) is 59.1 cm³/mol. The zero-order valence-corrected chi connectivity index (χ0v) is 9.10. The van der Waals surface area contributed by atoms with Crippen LogP contribution in [0.25, 0.3) is 0 Å². The molecular formula is C10H18FN3. The summed E-state index contributed by atoms with van der Waals surface area (Å²) in [5, 5.41) is 2.99. The van der Waals surface area contributed by atoms with Crippen LogP contribution in [0.5, 0.6) is 0 Å². The van der Waals surface area contributed by atoms with Gasteiger partial charge in [-0.3, -0.25) is 0 Å². The standard InChI is InChI=1S/C10H18FN3/c1-8(2)10(11)13-9(3)14(5)7-6-12-4/h12H,1,3,6-7H2,2,4-5H3/b13-10+. The maximum absolute atomic E-state index is 13.0. The second-order valence-corrected chi connectivity index (χ2v) is 3.12. The van der Waals surface area contributed by atoms with E-state index in [1.165, 1.54) is 0 Å². The molecule has 0 aliphatic rings. The largest absolute Gasteiger partial charge is 0.359 e. The van der Waals surface area contributed by atoms with Gasteiger partial charge in [0.25, 0.3) is 0 Å². The number of hydrogen-bond acceptors (Lipinski definition) is 3. The van der Waals surface area contributed by atoms with Gasteiger partial charge in [0.05, 0.1) is 0 Å². The molecule has 80 valence electrons. The Morgan fingerprint density at radius 2 is 2.07 bits per heavy atom. The average molecular weight is 199 g/mol. The van der Waals surface area contributed by atoms with Gasteiger partial charge in [0.15, 0.2) is 0 Å². The van der Waals surface area contributed by atoms with Gasteiger partial charge in [0, 0.05) is 20.1 Å². The maximum Gasteiger partial charge on any atom is 0.217 e. The van der Waals surface area contributed by atoms with Crippen LogP contribution in [0.3, 0.4) is 0 Å². The lowest BCUT2D eigenvalue weighted by atomic mass is 10.4. The summed E-state index contributed by atoms with van der Waals surface area (Å²) >= 11 is 0. The maximum atomic E-state index is 13.0. The first-order valence-electron chi connectivity index (χ1n) is 4.43. The summed E-state index contributed by atoms with van der Waals surface area (Å²) in [6.45, 7) is 10.2. The highest BCUT2D eigenvalue weighted by Gasteiger charge is 2.02. The number of halogens is 1. The molecule has 0 amide bonds. The number of hydrogen-bond donors (Lipinski definition) is 1. The van der Waals surface area contributed by atoms with E-state index in [1.54, 1.807) is 11.8 Å². The second kappa shape index (κ2) is 6.32. The lowest BCUT2D eigenvalue weighted by molar-refractivity contribution is 0.412. The molecular weight excluding hydrogens is 181 g/mol. The third-order valence-electron chi connectivity index (χ3n) is 1.72. The van der Waals surface area contributed by atoms with Gasteiger partial charge in [-0.05, 0) is 19.5 Å². The van der Waals surface area contributed by atoms with Crippen molar-refractivity contribution >= 4 is 5.97 Å². The molecule has 0 rings (SSSR count). The minimum Gasteiger partial charge on any atom is -0.359 e. The van der Waals surface area contributed by atoms with Crippen molar-refractivity contribution in [1.29, 1.82) is 0 Å². The zero-order valence-electron chi connectivity index (χ0n) is 9.10. The highest BCUT2D eigenvalue weighted by molar-refractivity contribution is 5.91. The number of aliphatic imine (C=N–C) groups is 1.